The fraction of sp³-hybridized carbons (Fsp3) is 0.357. The Bertz CT molecular complexity index is 540. The smallest absolute Gasteiger partial charge is 0.321 e. The van der Waals surface area contributed by atoms with Gasteiger partial charge in [-0.2, -0.15) is 15.0 Å². The summed E-state index contributed by atoms with van der Waals surface area (Å²) in [5, 5.41) is 3.15. The van der Waals surface area contributed by atoms with E-state index >= 15 is 0 Å². The van der Waals surface area contributed by atoms with Gasteiger partial charge in [-0.3, -0.25) is 0 Å². The maximum atomic E-state index is 5.12. The lowest BCUT2D eigenvalue weighted by Crippen LogP contribution is -2.07. The van der Waals surface area contributed by atoms with Crippen molar-refractivity contribution >= 4 is 5.95 Å². The predicted octanol–water partition coefficient (Wildman–Crippen LogP) is 2.68. The van der Waals surface area contributed by atoms with Gasteiger partial charge in [-0.1, -0.05) is 36.8 Å². The molecular weight excluding hydrogens is 240 g/mol. The number of anilines is 1. The van der Waals surface area contributed by atoms with Crippen LogP contribution in [0.2, 0.25) is 0 Å². The van der Waals surface area contributed by atoms with Crippen molar-refractivity contribution in [3.63, 3.8) is 0 Å². The third-order valence-electron chi connectivity index (χ3n) is 2.64. The Balaban J connectivity index is 2.35. The molecule has 0 saturated carbocycles. The summed E-state index contributed by atoms with van der Waals surface area (Å²) in [4.78, 5) is 12.9. The van der Waals surface area contributed by atoms with E-state index in [1.54, 1.807) is 7.11 Å². The summed E-state index contributed by atoms with van der Waals surface area (Å²) in [6.07, 6.45) is 1.01. The Morgan fingerprint density at radius 1 is 1.11 bits per heavy atom. The highest BCUT2D eigenvalue weighted by atomic mass is 16.5. The van der Waals surface area contributed by atoms with Crippen LogP contribution in [0.5, 0.6) is 6.01 Å². The van der Waals surface area contributed by atoms with Crippen molar-refractivity contribution in [1.29, 1.82) is 0 Å². The summed E-state index contributed by atoms with van der Waals surface area (Å²) < 4.78 is 5.12. The first-order valence-corrected chi connectivity index (χ1v) is 6.34. The second-order valence-electron chi connectivity index (χ2n) is 4.26. The summed E-state index contributed by atoms with van der Waals surface area (Å²) in [6, 6.07) is 8.38. The molecule has 0 aliphatic carbocycles. The van der Waals surface area contributed by atoms with Crippen molar-refractivity contribution in [2.24, 2.45) is 0 Å². The number of nitrogens with zero attached hydrogens (tertiary/aromatic N) is 3. The molecule has 0 aliphatic rings. The summed E-state index contributed by atoms with van der Waals surface area (Å²) in [5.74, 6) is 1.16. The average Bonchev–Trinajstić information content (AvgIpc) is 2.45. The molecule has 0 atom stereocenters. The fourth-order valence-corrected chi connectivity index (χ4v) is 1.60. The Morgan fingerprint density at radius 3 is 2.47 bits per heavy atom. The molecule has 5 nitrogen and oxygen atoms in total. The van der Waals surface area contributed by atoms with Crippen LogP contribution in [0.4, 0.5) is 5.95 Å². The molecule has 100 valence electrons. The van der Waals surface area contributed by atoms with Gasteiger partial charge < -0.3 is 10.1 Å². The van der Waals surface area contributed by atoms with Crippen LogP contribution in [0.25, 0.3) is 11.4 Å². The van der Waals surface area contributed by atoms with Crippen LogP contribution in [0.1, 0.15) is 18.9 Å². The molecule has 0 aliphatic heterocycles. The topological polar surface area (TPSA) is 59.9 Å². The van der Waals surface area contributed by atoms with Gasteiger partial charge in [0.1, 0.15) is 0 Å². The molecule has 0 saturated heterocycles. The van der Waals surface area contributed by atoms with E-state index in [-0.39, 0.29) is 0 Å². The Morgan fingerprint density at radius 2 is 1.84 bits per heavy atom. The molecule has 0 radical (unpaired) electrons. The Labute approximate surface area is 113 Å². The van der Waals surface area contributed by atoms with Gasteiger partial charge in [0.15, 0.2) is 5.82 Å². The number of benzene rings is 1. The molecule has 0 bridgehead atoms. The minimum atomic E-state index is 0.323. The van der Waals surface area contributed by atoms with Crippen molar-refractivity contribution in [3.8, 4) is 17.4 Å². The normalized spacial score (nSPS) is 10.3. The minimum absolute atomic E-state index is 0.323. The third-order valence-corrected chi connectivity index (χ3v) is 2.64. The first kappa shape index (κ1) is 13.3. The van der Waals surface area contributed by atoms with E-state index in [2.05, 4.69) is 27.2 Å². The van der Waals surface area contributed by atoms with E-state index in [1.165, 1.54) is 5.56 Å². The molecule has 5 heteroatoms. The van der Waals surface area contributed by atoms with Crippen LogP contribution in [0.3, 0.4) is 0 Å². The van der Waals surface area contributed by atoms with Gasteiger partial charge >= 0.3 is 6.01 Å². The van der Waals surface area contributed by atoms with Crippen LogP contribution in [0.15, 0.2) is 24.3 Å². The summed E-state index contributed by atoms with van der Waals surface area (Å²) in [5.41, 5.74) is 2.15. The maximum absolute atomic E-state index is 5.12. The second-order valence-corrected chi connectivity index (χ2v) is 4.26. The molecule has 1 N–H and O–H groups in total. The third kappa shape index (κ3) is 3.40. The number of aromatic nitrogens is 3. The van der Waals surface area contributed by atoms with Gasteiger partial charge in [0, 0.05) is 12.1 Å². The monoisotopic (exact) mass is 258 g/mol. The molecule has 1 aromatic carbocycles. The van der Waals surface area contributed by atoms with E-state index < -0.39 is 0 Å². The van der Waals surface area contributed by atoms with E-state index in [1.807, 2.05) is 31.2 Å². The zero-order chi connectivity index (χ0) is 13.7. The van der Waals surface area contributed by atoms with Gasteiger partial charge in [-0.15, -0.1) is 0 Å². The quantitative estimate of drug-likeness (QED) is 0.893. The molecule has 19 heavy (non-hydrogen) atoms. The standard InChI is InChI=1S/C14H18N4O/c1-4-9-15-13-16-12(17-14(18-13)19-3)11-7-5-10(2)6-8-11/h5-8H,4,9H2,1-3H3,(H,15,16,17,18). The number of ether oxygens (including phenoxy) is 1. The SMILES string of the molecule is CCCNc1nc(OC)nc(-c2ccc(C)cc2)n1. The number of methoxy groups -OCH3 is 1. The van der Waals surface area contributed by atoms with E-state index in [4.69, 9.17) is 4.74 Å². The lowest BCUT2D eigenvalue weighted by atomic mass is 10.1. The molecule has 0 unspecified atom stereocenters. The van der Waals surface area contributed by atoms with Gasteiger partial charge in [0.05, 0.1) is 7.11 Å². The summed E-state index contributed by atoms with van der Waals surface area (Å²) in [7, 11) is 1.55. The number of hydrogen-bond acceptors (Lipinski definition) is 5. The van der Waals surface area contributed by atoms with Crippen molar-refractivity contribution in [2.75, 3.05) is 19.0 Å². The first-order valence-electron chi connectivity index (χ1n) is 6.34. The second kappa shape index (κ2) is 6.13. The molecule has 1 aromatic heterocycles. The van der Waals surface area contributed by atoms with Gasteiger partial charge in [-0.05, 0) is 13.3 Å². The molecule has 0 fully saturated rings. The van der Waals surface area contributed by atoms with Crippen LogP contribution in [-0.4, -0.2) is 28.6 Å². The van der Waals surface area contributed by atoms with E-state index in [0.29, 0.717) is 17.8 Å². The van der Waals surface area contributed by atoms with Crippen LogP contribution in [0, 0.1) is 6.92 Å². The van der Waals surface area contributed by atoms with E-state index in [0.717, 1.165) is 18.5 Å². The lowest BCUT2D eigenvalue weighted by molar-refractivity contribution is 0.379. The van der Waals surface area contributed by atoms with Gasteiger partial charge in [0.2, 0.25) is 5.95 Å². The largest absolute Gasteiger partial charge is 0.467 e. The predicted molar refractivity (Wildman–Crippen MR) is 75.3 cm³/mol. The zero-order valence-corrected chi connectivity index (χ0v) is 11.5. The Hall–Kier alpha value is -2.17. The molecule has 0 spiro atoms. The summed E-state index contributed by atoms with van der Waals surface area (Å²) >= 11 is 0. The highest BCUT2D eigenvalue weighted by Crippen LogP contribution is 2.19. The van der Waals surface area contributed by atoms with Gasteiger partial charge in [0.25, 0.3) is 0 Å². The highest BCUT2D eigenvalue weighted by molar-refractivity contribution is 5.56. The van der Waals surface area contributed by atoms with Gasteiger partial charge in [-0.25, -0.2) is 0 Å². The average molecular weight is 258 g/mol. The zero-order valence-electron chi connectivity index (χ0n) is 11.5. The van der Waals surface area contributed by atoms with Crippen molar-refractivity contribution in [1.82, 2.24) is 15.0 Å². The fourth-order valence-electron chi connectivity index (χ4n) is 1.60. The Kier molecular flexibility index (Phi) is 4.28. The van der Waals surface area contributed by atoms with Crippen molar-refractivity contribution < 1.29 is 4.74 Å². The molecule has 0 amide bonds. The maximum Gasteiger partial charge on any atom is 0.321 e. The molecule has 2 aromatic rings. The number of nitrogens with one attached hydrogen (secondary N) is 1. The van der Waals surface area contributed by atoms with E-state index in [9.17, 15) is 0 Å². The number of hydrogen-bond donors (Lipinski definition) is 1. The van der Waals surface area contributed by atoms with Crippen LogP contribution < -0.4 is 10.1 Å². The van der Waals surface area contributed by atoms with Crippen LogP contribution in [-0.2, 0) is 0 Å². The van der Waals surface area contributed by atoms with Crippen molar-refractivity contribution in [2.45, 2.75) is 20.3 Å². The number of rotatable bonds is 5. The first-order chi connectivity index (χ1) is 9.22. The molecule has 2 rings (SSSR count). The number of aryl methyl sites for hydroxylation is 1. The van der Waals surface area contributed by atoms with Crippen LogP contribution >= 0.6 is 0 Å². The summed E-state index contributed by atoms with van der Waals surface area (Å²) in [6.45, 7) is 4.96. The highest BCUT2D eigenvalue weighted by Gasteiger charge is 2.08. The molecule has 1 heterocycles. The minimum Gasteiger partial charge on any atom is -0.467 e. The van der Waals surface area contributed by atoms with Crippen molar-refractivity contribution in [3.05, 3.63) is 29.8 Å². The molecular formula is C14H18N4O. The lowest BCUT2D eigenvalue weighted by Gasteiger charge is -2.07.